The lowest BCUT2D eigenvalue weighted by Gasteiger charge is -2.10. The summed E-state index contributed by atoms with van der Waals surface area (Å²) < 4.78 is 10.6. The lowest BCUT2D eigenvalue weighted by atomic mass is 10.1. The van der Waals surface area contributed by atoms with Gasteiger partial charge in [0.15, 0.2) is 5.69 Å². The van der Waals surface area contributed by atoms with E-state index in [1.54, 1.807) is 38.3 Å². The highest BCUT2D eigenvalue weighted by molar-refractivity contribution is 6.08. The van der Waals surface area contributed by atoms with Gasteiger partial charge in [-0.25, -0.2) is 4.98 Å². The number of aryl methyl sites for hydroxylation is 1. The summed E-state index contributed by atoms with van der Waals surface area (Å²) in [6.07, 6.45) is 0. The van der Waals surface area contributed by atoms with Gasteiger partial charge in [-0.1, -0.05) is 30.3 Å². The number of carbonyl (C=O) groups excluding carboxylic acids is 2. The molecule has 0 saturated heterocycles. The van der Waals surface area contributed by atoms with Crippen LogP contribution in [0.5, 0.6) is 0 Å². The van der Waals surface area contributed by atoms with Crippen LogP contribution in [-0.4, -0.2) is 37.1 Å². The SMILES string of the molecule is COCCNC(=O)c1ccccc1NC(=O)c1nc(-c2ccccc2)oc1C. The molecule has 0 aliphatic rings. The van der Waals surface area contributed by atoms with Crippen LogP contribution in [0.2, 0.25) is 0 Å². The maximum Gasteiger partial charge on any atom is 0.277 e. The molecule has 0 radical (unpaired) electrons. The summed E-state index contributed by atoms with van der Waals surface area (Å²) in [5, 5.41) is 5.49. The summed E-state index contributed by atoms with van der Waals surface area (Å²) in [6, 6.07) is 16.1. The Hall–Kier alpha value is -3.45. The maximum atomic E-state index is 12.7. The molecule has 0 fully saturated rings. The largest absolute Gasteiger partial charge is 0.441 e. The fraction of sp³-hybridized carbons (Fsp3) is 0.190. The first kappa shape index (κ1) is 19.3. The third-order valence-corrected chi connectivity index (χ3v) is 4.04. The molecule has 7 nitrogen and oxygen atoms in total. The molecule has 0 saturated carbocycles. The highest BCUT2D eigenvalue weighted by atomic mass is 16.5. The van der Waals surface area contributed by atoms with Gasteiger partial charge in [0.1, 0.15) is 5.76 Å². The van der Waals surface area contributed by atoms with Gasteiger partial charge in [-0.15, -0.1) is 0 Å². The number of anilines is 1. The minimum Gasteiger partial charge on any atom is -0.441 e. The van der Waals surface area contributed by atoms with Gasteiger partial charge in [-0.05, 0) is 31.2 Å². The quantitative estimate of drug-likeness (QED) is 0.615. The second-order valence-corrected chi connectivity index (χ2v) is 6.04. The molecule has 3 rings (SSSR count). The number of hydrogen-bond donors (Lipinski definition) is 2. The Morgan fingerprint density at radius 2 is 1.75 bits per heavy atom. The molecular weight excluding hydrogens is 358 g/mol. The number of carbonyl (C=O) groups is 2. The molecule has 0 atom stereocenters. The smallest absolute Gasteiger partial charge is 0.277 e. The Morgan fingerprint density at radius 1 is 1.04 bits per heavy atom. The zero-order valence-corrected chi connectivity index (χ0v) is 15.7. The van der Waals surface area contributed by atoms with Gasteiger partial charge in [-0.2, -0.15) is 0 Å². The van der Waals surface area contributed by atoms with E-state index in [4.69, 9.17) is 9.15 Å². The molecule has 144 valence electrons. The van der Waals surface area contributed by atoms with Crippen LogP contribution in [0.15, 0.2) is 59.0 Å². The Labute approximate surface area is 162 Å². The lowest BCUT2D eigenvalue weighted by molar-refractivity contribution is 0.0938. The number of para-hydroxylation sites is 1. The predicted molar refractivity (Wildman–Crippen MR) is 105 cm³/mol. The number of hydrogen-bond acceptors (Lipinski definition) is 5. The van der Waals surface area contributed by atoms with Crippen LogP contribution in [0.3, 0.4) is 0 Å². The van der Waals surface area contributed by atoms with Gasteiger partial charge in [0.2, 0.25) is 5.89 Å². The molecule has 0 bridgehead atoms. The molecule has 2 aromatic carbocycles. The molecule has 2 N–H and O–H groups in total. The second kappa shape index (κ2) is 8.96. The highest BCUT2D eigenvalue weighted by Crippen LogP contribution is 2.23. The van der Waals surface area contributed by atoms with Crippen LogP contribution in [0.1, 0.15) is 26.6 Å². The molecule has 0 aliphatic carbocycles. The zero-order chi connectivity index (χ0) is 19.9. The van der Waals surface area contributed by atoms with E-state index >= 15 is 0 Å². The van der Waals surface area contributed by atoms with Crippen LogP contribution in [-0.2, 0) is 4.74 Å². The number of nitrogens with zero attached hydrogens (tertiary/aromatic N) is 1. The number of oxazole rings is 1. The standard InChI is InChI=1S/C21H21N3O4/c1-14-18(24-21(28-14)15-8-4-3-5-9-15)20(26)23-17-11-7-6-10-16(17)19(25)22-12-13-27-2/h3-11H,12-13H2,1-2H3,(H,22,25)(H,23,26). The van der Waals surface area contributed by atoms with Crippen molar-refractivity contribution in [1.82, 2.24) is 10.3 Å². The summed E-state index contributed by atoms with van der Waals surface area (Å²) in [5.41, 5.74) is 1.71. The topological polar surface area (TPSA) is 93.5 Å². The van der Waals surface area contributed by atoms with Gasteiger partial charge in [-0.3, -0.25) is 9.59 Å². The molecule has 28 heavy (non-hydrogen) atoms. The van der Waals surface area contributed by atoms with Crippen molar-refractivity contribution in [2.75, 3.05) is 25.6 Å². The zero-order valence-electron chi connectivity index (χ0n) is 15.7. The third-order valence-electron chi connectivity index (χ3n) is 4.04. The van der Waals surface area contributed by atoms with E-state index in [9.17, 15) is 9.59 Å². The Bertz CT molecular complexity index is 967. The molecular formula is C21H21N3O4. The molecule has 0 spiro atoms. The highest BCUT2D eigenvalue weighted by Gasteiger charge is 2.20. The summed E-state index contributed by atoms with van der Waals surface area (Å²) >= 11 is 0. The average molecular weight is 379 g/mol. The van der Waals surface area contributed by atoms with E-state index < -0.39 is 5.91 Å². The second-order valence-electron chi connectivity index (χ2n) is 6.04. The first-order valence-corrected chi connectivity index (χ1v) is 8.80. The van der Waals surface area contributed by atoms with E-state index in [0.717, 1.165) is 5.56 Å². The normalized spacial score (nSPS) is 10.5. The Morgan fingerprint density at radius 3 is 2.50 bits per heavy atom. The van der Waals surface area contributed by atoms with E-state index in [-0.39, 0.29) is 11.6 Å². The van der Waals surface area contributed by atoms with Crippen molar-refractivity contribution in [3.8, 4) is 11.5 Å². The predicted octanol–water partition coefficient (Wildman–Crippen LogP) is 3.28. The fourth-order valence-corrected chi connectivity index (χ4v) is 2.64. The van der Waals surface area contributed by atoms with Crippen molar-refractivity contribution in [2.24, 2.45) is 0 Å². The van der Waals surface area contributed by atoms with Gasteiger partial charge >= 0.3 is 0 Å². The number of benzene rings is 2. The van der Waals surface area contributed by atoms with Crippen molar-refractivity contribution in [3.05, 3.63) is 71.6 Å². The number of methoxy groups -OCH3 is 1. The molecule has 2 amide bonds. The van der Waals surface area contributed by atoms with Crippen molar-refractivity contribution >= 4 is 17.5 Å². The first-order chi connectivity index (χ1) is 13.6. The van der Waals surface area contributed by atoms with Crippen LogP contribution in [0, 0.1) is 6.92 Å². The number of rotatable bonds is 7. The fourth-order valence-electron chi connectivity index (χ4n) is 2.64. The summed E-state index contributed by atoms with van der Waals surface area (Å²) in [7, 11) is 1.56. The summed E-state index contributed by atoms with van der Waals surface area (Å²) in [6.45, 7) is 2.46. The van der Waals surface area contributed by atoms with Crippen molar-refractivity contribution in [1.29, 1.82) is 0 Å². The van der Waals surface area contributed by atoms with Gasteiger partial charge < -0.3 is 19.8 Å². The third kappa shape index (κ3) is 4.44. The van der Waals surface area contributed by atoms with Crippen molar-refractivity contribution in [2.45, 2.75) is 6.92 Å². The van der Waals surface area contributed by atoms with Crippen LogP contribution >= 0.6 is 0 Å². The summed E-state index contributed by atoms with van der Waals surface area (Å²) in [5.74, 6) is 0.0302. The number of ether oxygens (including phenoxy) is 1. The number of nitrogens with one attached hydrogen (secondary N) is 2. The first-order valence-electron chi connectivity index (χ1n) is 8.80. The molecule has 7 heteroatoms. The number of amides is 2. The molecule has 1 heterocycles. The number of aromatic nitrogens is 1. The van der Waals surface area contributed by atoms with Crippen molar-refractivity contribution < 1.29 is 18.7 Å². The molecule has 1 aromatic heterocycles. The van der Waals surface area contributed by atoms with Gasteiger partial charge in [0.05, 0.1) is 17.9 Å². The Kier molecular flexibility index (Phi) is 6.18. The van der Waals surface area contributed by atoms with E-state index in [0.29, 0.717) is 36.1 Å². The monoisotopic (exact) mass is 379 g/mol. The van der Waals surface area contributed by atoms with Crippen LogP contribution in [0.4, 0.5) is 5.69 Å². The van der Waals surface area contributed by atoms with E-state index in [1.807, 2.05) is 30.3 Å². The van der Waals surface area contributed by atoms with Gasteiger partial charge in [0.25, 0.3) is 11.8 Å². The van der Waals surface area contributed by atoms with Gasteiger partial charge in [0, 0.05) is 19.2 Å². The van der Waals surface area contributed by atoms with E-state index in [2.05, 4.69) is 15.6 Å². The maximum absolute atomic E-state index is 12.7. The lowest BCUT2D eigenvalue weighted by Crippen LogP contribution is -2.28. The average Bonchev–Trinajstić information content (AvgIpc) is 3.11. The molecule has 3 aromatic rings. The van der Waals surface area contributed by atoms with Crippen LogP contribution < -0.4 is 10.6 Å². The molecule has 0 unspecified atom stereocenters. The summed E-state index contributed by atoms with van der Waals surface area (Å²) in [4.78, 5) is 29.4. The minimum atomic E-state index is -0.444. The van der Waals surface area contributed by atoms with Crippen LogP contribution in [0.25, 0.3) is 11.5 Å². The minimum absolute atomic E-state index is 0.174. The molecule has 0 aliphatic heterocycles. The van der Waals surface area contributed by atoms with Crippen molar-refractivity contribution in [3.63, 3.8) is 0 Å². The Balaban J connectivity index is 1.79. The van der Waals surface area contributed by atoms with E-state index in [1.165, 1.54) is 0 Å².